The Kier molecular flexibility index (Phi) is 1.76. The number of aliphatic hydroxyl groups excluding tert-OH is 1. The molecule has 0 aromatic rings. The summed E-state index contributed by atoms with van der Waals surface area (Å²) < 4.78 is 0. The molecule has 0 aliphatic heterocycles. The zero-order valence-corrected chi connectivity index (χ0v) is 5.45. The van der Waals surface area contributed by atoms with Crippen LogP contribution >= 0.6 is 0 Å². The van der Waals surface area contributed by atoms with E-state index in [1.807, 2.05) is 0 Å². The Labute approximate surface area is 58.8 Å². The summed E-state index contributed by atoms with van der Waals surface area (Å²) in [6.45, 7) is 0. The molecule has 0 aromatic carbocycles. The van der Waals surface area contributed by atoms with E-state index in [1.165, 1.54) is 6.08 Å². The van der Waals surface area contributed by atoms with Crippen LogP contribution in [0.5, 0.6) is 0 Å². The van der Waals surface area contributed by atoms with Gasteiger partial charge in [0.2, 0.25) is 5.91 Å². The molecular weight excluding hydrogens is 130 g/mol. The van der Waals surface area contributed by atoms with E-state index in [0.717, 1.165) is 0 Å². The van der Waals surface area contributed by atoms with Crippen molar-refractivity contribution in [3.8, 4) is 0 Å². The lowest BCUT2D eigenvalue weighted by Crippen LogP contribution is -2.25. The smallest absolute Gasteiger partial charge is 0.228 e. The molecule has 0 aromatic heterocycles. The van der Waals surface area contributed by atoms with Crippen LogP contribution in [0.1, 0.15) is 6.42 Å². The molecule has 1 aliphatic carbocycles. The van der Waals surface area contributed by atoms with E-state index in [4.69, 9.17) is 10.8 Å². The molecule has 1 atom stereocenters. The van der Waals surface area contributed by atoms with Crippen LogP contribution in [0.4, 0.5) is 0 Å². The SMILES string of the molecule is NC(=O)C1CC=CC=C1O. The summed E-state index contributed by atoms with van der Waals surface area (Å²) in [6.07, 6.45) is 5.50. The first-order valence-corrected chi connectivity index (χ1v) is 3.07. The fourth-order valence-electron chi connectivity index (χ4n) is 0.880. The van der Waals surface area contributed by atoms with Crippen LogP contribution in [0.15, 0.2) is 24.0 Å². The molecule has 3 nitrogen and oxygen atoms in total. The molecule has 10 heavy (non-hydrogen) atoms. The van der Waals surface area contributed by atoms with Crippen molar-refractivity contribution in [2.24, 2.45) is 11.7 Å². The maximum Gasteiger partial charge on any atom is 0.228 e. The van der Waals surface area contributed by atoms with E-state index in [-0.39, 0.29) is 5.76 Å². The molecule has 3 heteroatoms. The molecule has 1 rings (SSSR count). The van der Waals surface area contributed by atoms with Crippen molar-refractivity contribution >= 4 is 5.91 Å². The van der Waals surface area contributed by atoms with Gasteiger partial charge in [0.25, 0.3) is 0 Å². The molecule has 0 heterocycles. The van der Waals surface area contributed by atoms with Crippen molar-refractivity contribution in [1.29, 1.82) is 0 Å². The minimum atomic E-state index is -0.509. The summed E-state index contributed by atoms with van der Waals surface area (Å²) in [7, 11) is 0. The van der Waals surface area contributed by atoms with Gasteiger partial charge in [-0.05, 0) is 12.5 Å². The van der Waals surface area contributed by atoms with Crippen molar-refractivity contribution in [2.75, 3.05) is 0 Å². The summed E-state index contributed by atoms with van der Waals surface area (Å²) in [5.74, 6) is -0.918. The van der Waals surface area contributed by atoms with Crippen LogP contribution in [-0.4, -0.2) is 11.0 Å². The highest BCUT2D eigenvalue weighted by Crippen LogP contribution is 2.16. The number of primary amides is 1. The van der Waals surface area contributed by atoms with Gasteiger partial charge in [0.05, 0.1) is 5.92 Å². The minimum absolute atomic E-state index is 0.0648. The maximum absolute atomic E-state index is 10.6. The highest BCUT2D eigenvalue weighted by Gasteiger charge is 2.19. The standard InChI is InChI=1S/C7H9NO2/c8-7(10)5-3-1-2-4-6(5)9/h1-2,4-5,9H,3H2,(H2,8,10). The Morgan fingerprint density at radius 3 is 2.90 bits per heavy atom. The average molecular weight is 139 g/mol. The Hall–Kier alpha value is -1.25. The lowest BCUT2D eigenvalue weighted by molar-refractivity contribution is -0.121. The van der Waals surface area contributed by atoms with Gasteiger partial charge in [-0.15, -0.1) is 0 Å². The van der Waals surface area contributed by atoms with Crippen molar-refractivity contribution in [2.45, 2.75) is 6.42 Å². The van der Waals surface area contributed by atoms with E-state index in [2.05, 4.69) is 0 Å². The van der Waals surface area contributed by atoms with Gasteiger partial charge in [-0.1, -0.05) is 12.2 Å². The zero-order chi connectivity index (χ0) is 7.56. The van der Waals surface area contributed by atoms with Gasteiger partial charge >= 0.3 is 0 Å². The number of amides is 1. The Bertz CT molecular complexity index is 206. The van der Waals surface area contributed by atoms with Crippen molar-refractivity contribution in [1.82, 2.24) is 0 Å². The van der Waals surface area contributed by atoms with E-state index >= 15 is 0 Å². The van der Waals surface area contributed by atoms with Crippen LogP contribution in [-0.2, 0) is 4.79 Å². The van der Waals surface area contributed by atoms with Gasteiger partial charge in [-0.2, -0.15) is 0 Å². The monoisotopic (exact) mass is 139 g/mol. The summed E-state index contributed by atoms with van der Waals surface area (Å²) in [6, 6.07) is 0. The third-order valence-electron chi connectivity index (χ3n) is 1.48. The molecule has 0 saturated carbocycles. The molecule has 54 valence electrons. The molecule has 1 aliphatic rings. The Balaban J connectivity index is 2.73. The summed E-state index contributed by atoms with van der Waals surface area (Å²) in [4.78, 5) is 10.6. The molecule has 1 amide bonds. The second-order valence-electron chi connectivity index (χ2n) is 2.21. The Morgan fingerprint density at radius 1 is 1.80 bits per heavy atom. The van der Waals surface area contributed by atoms with E-state index < -0.39 is 11.8 Å². The summed E-state index contributed by atoms with van der Waals surface area (Å²) in [5.41, 5.74) is 4.98. The number of nitrogens with two attached hydrogens (primary N) is 1. The van der Waals surface area contributed by atoms with Gasteiger partial charge in [0.1, 0.15) is 5.76 Å². The number of carbonyl (C=O) groups is 1. The van der Waals surface area contributed by atoms with Gasteiger partial charge in [-0.25, -0.2) is 0 Å². The molecule has 0 spiro atoms. The predicted octanol–water partition coefficient (Wildman–Crippen LogP) is 0.490. The number of carbonyl (C=O) groups excluding carboxylic acids is 1. The lowest BCUT2D eigenvalue weighted by atomic mass is 9.98. The molecular formula is C7H9NO2. The predicted molar refractivity (Wildman–Crippen MR) is 37.2 cm³/mol. The second-order valence-corrected chi connectivity index (χ2v) is 2.21. The zero-order valence-electron chi connectivity index (χ0n) is 5.45. The van der Waals surface area contributed by atoms with Gasteiger partial charge in [0.15, 0.2) is 0 Å². The fraction of sp³-hybridized carbons (Fsp3) is 0.286. The first-order valence-electron chi connectivity index (χ1n) is 3.07. The quantitative estimate of drug-likeness (QED) is 0.555. The van der Waals surface area contributed by atoms with Crippen LogP contribution in [0.2, 0.25) is 0 Å². The third kappa shape index (κ3) is 1.18. The van der Waals surface area contributed by atoms with Gasteiger partial charge in [0, 0.05) is 0 Å². The summed E-state index contributed by atoms with van der Waals surface area (Å²) in [5, 5.41) is 9.05. The molecule has 1 unspecified atom stereocenters. The molecule has 0 fully saturated rings. The Morgan fingerprint density at radius 2 is 2.50 bits per heavy atom. The maximum atomic E-state index is 10.6. The van der Waals surface area contributed by atoms with Crippen molar-refractivity contribution in [3.63, 3.8) is 0 Å². The van der Waals surface area contributed by atoms with Crippen LogP contribution in [0, 0.1) is 5.92 Å². The third-order valence-corrected chi connectivity index (χ3v) is 1.48. The highest BCUT2D eigenvalue weighted by molar-refractivity contribution is 5.79. The van der Waals surface area contributed by atoms with Crippen molar-refractivity contribution < 1.29 is 9.90 Å². The molecule has 0 saturated heterocycles. The highest BCUT2D eigenvalue weighted by atomic mass is 16.3. The van der Waals surface area contributed by atoms with Gasteiger partial charge in [-0.3, -0.25) is 4.79 Å². The first kappa shape index (κ1) is 6.86. The van der Waals surface area contributed by atoms with E-state index in [0.29, 0.717) is 6.42 Å². The number of aliphatic hydroxyl groups is 1. The average Bonchev–Trinajstić information content (AvgIpc) is 1.88. The number of rotatable bonds is 1. The molecule has 0 bridgehead atoms. The van der Waals surface area contributed by atoms with Crippen LogP contribution < -0.4 is 5.73 Å². The first-order chi connectivity index (χ1) is 4.72. The number of hydrogen-bond donors (Lipinski definition) is 2. The topological polar surface area (TPSA) is 63.3 Å². The molecule has 3 N–H and O–H groups in total. The van der Waals surface area contributed by atoms with Gasteiger partial charge < -0.3 is 10.8 Å². The fourth-order valence-corrected chi connectivity index (χ4v) is 0.880. The normalized spacial score (nSPS) is 24.0. The van der Waals surface area contributed by atoms with Crippen LogP contribution in [0.25, 0.3) is 0 Å². The number of allylic oxidation sites excluding steroid dienone is 3. The minimum Gasteiger partial charge on any atom is -0.511 e. The largest absolute Gasteiger partial charge is 0.511 e. The molecule has 0 radical (unpaired) electrons. The van der Waals surface area contributed by atoms with E-state index in [1.54, 1.807) is 12.2 Å². The van der Waals surface area contributed by atoms with Crippen LogP contribution in [0.3, 0.4) is 0 Å². The van der Waals surface area contributed by atoms with E-state index in [9.17, 15) is 4.79 Å². The number of hydrogen-bond acceptors (Lipinski definition) is 2. The van der Waals surface area contributed by atoms with Crippen molar-refractivity contribution in [3.05, 3.63) is 24.0 Å². The summed E-state index contributed by atoms with van der Waals surface area (Å²) >= 11 is 0. The second kappa shape index (κ2) is 2.56. The lowest BCUT2D eigenvalue weighted by Gasteiger charge is -2.11.